The Labute approximate surface area is 139 Å². The predicted molar refractivity (Wildman–Crippen MR) is 89.4 cm³/mol. The van der Waals surface area contributed by atoms with Crippen molar-refractivity contribution in [3.63, 3.8) is 0 Å². The van der Waals surface area contributed by atoms with Crippen LogP contribution in [0, 0.1) is 0 Å². The number of rotatable bonds is 5. The first-order chi connectivity index (χ1) is 11.6. The quantitative estimate of drug-likeness (QED) is 0.859. The second-order valence-electron chi connectivity index (χ2n) is 5.53. The van der Waals surface area contributed by atoms with Crippen molar-refractivity contribution < 1.29 is 19.4 Å². The molecule has 5 nitrogen and oxygen atoms in total. The summed E-state index contributed by atoms with van der Waals surface area (Å²) in [6, 6.07) is 16.5. The van der Waals surface area contributed by atoms with E-state index in [1.807, 2.05) is 54.6 Å². The summed E-state index contributed by atoms with van der Waals surface area (Å²) in [6.07, 6.45) is 0. The molecule has 0 aromatic heterocycles. The Morgan fingerprint density at radius 2 is 1.79 bits per heavy atom. The molecule has 0 unspecified atom stereocenters. The second-order valence-corrected chi connectivity index (χ2v) is 5.53. The normalized spacial score (nSPS) is 14.2. The molecule has 0 aliphatic carbocycles. The third kappa shape index (κ3) is 3.01. The maximum Gasteiger partial charge on any atom is 0.341 e. The Morgan fingerprint density at radius 3 is 2.38 bits per heavy atom. The number of carbonyl (C=O) groups excluding carboxylic acids is 1. The summed E-state index contributed by atoms with van der Waals surface area (Å²) < 4.78 is 5.12. The molecule has 1 aliphatic heterocycles. The average Bonchev–Trinajstić information content (AvgIpc) is 2.93. The molecule has 1 heterocycles. The van der Waals surface area contributed by atoms with Gasteiger partial charge in [0.25, 0.3) is 5.91 Å². The van der Waals surface area contributed by atoms with Crippen LogP contribution in [0.5, 0.6) is 5.75 Å². The van der Waals surface area contributed by atoms with E-state index >= 15 is 0 Å². The van der Waals surface area contributed by atoms with Crippen LogP contribution in [0.2, 0.25) is 0 Å². The fourth-order valence-electron chi connectivity index (χ4n) is 2.80. The van der Waals surface area contributed by atoms with Crippen LogP contribution in [0.15, 0.2) is 60.2 Å². The van der Waals surface area contributed by atoms with Crippen molar-refractivity contribution in [1.82, 2.24) is 4.90 Å². The van der Waals surface area contributed by atoms with Crippen LogP contribution in [0.3, 0.4) is 0 Å². The van der Waals surface area contributed by atoms with Gasteiger partial charge in [-0.3, -0.25) is 4.79 Å². The number of aliphatic carboxylic acids is 1. The molecule has 5 heteroatoms. The molecule has 0 atom stereocenters. The number of hydrogen-bond donors (Lipinski definition) is 1. The topological polar surface area (TPSA) is 66.8 Å². The predicted octanol–water partition coefficient (Wildman–Crippen LogP) is 2.58. The van der Waals surface area contributed by atoms with Gasteiger partial charge in [0.05, 0.1) is 7.11 Å². The number of nitrogens with zero attached hydrogens (tertiary/aromatic N) is 1. The molecule has 24 heavy (non-hydrogen) atoms. The van der Waals surface area contributed by atoms with Crippen LogP contribution in [0.25, 0.3) is 5.57 Å². The van der Waals surface area contributed by atoms with Crippen LogP contribution in [0.4, 0.5) is 0 Å². The highest BCUT2D eigenvalue weighted by Crippen LogP contribution is 2.29. The summed E-state index contributed by atoms with van der Waals surface area (Å²) in [7, 11) is 1.59. The molecular weight excluding hydrogens is 306 g/mol. The van der Waals surface area contributed by atoms with E-state index in [-0.39, 0.29) is 12.1 Å². The number of amides is 1. The Kier molecular flexibility index (Phi) is 4.33. The Balaban J connectivity index is 1.86. The van der Waals surface area contributed by atoms with Crippen molar-refractivity contribution in [2.45, 2.75) is 6.54 Å². The van der Waals surface area contributed by atoms with E-state index in [1.165, 1.54) is 0 Å². The van der Waals surface area contributed by atoms with Gasteiger partial charge >= 0.3 is 5.97 Å². The van der Waals surface area contributed by atoms with E-state index in [2.05, 4.69) is 0 Å². The fraction of sp³-hybridized carbons (Fsp3) is 0.158. The van der Waals surface area contributed by atoms with Crippen LogP contribution in [-0.4, -0.2) is 35.5 Å². The number of hydrogen-bond acceptors (Lipinski definition) is 3. The highest BCUT2D eigenvalue weighted by molar-refractivity contribution is 6.24. The first-order valence-electron chi connectivity index (χ1n) is 7.54. The zero-order valence-electron chi connectivity index (χ0n) is 13.2. The van der Waals surface area contributed by atoms with E-state index in [9.17, 15) is 14.7 Å². The molecule has 1 amide bonds. The average molecular weight is 323 g/mol. The van der Waals surface area contributed by atoms with Gasteiger partial charge in [-0.25, -0.2) is 4.79 Å². The number of benzene rings is 2. The Hall–Kier alpha value is -3.08. The summed E-state index contributed by atoms with van der Waals surface area (Å²) in [5.74, 6) is -0.894. The van der Waals surface area contributed by atoms with Crippen LogP contribution in [0.1, 0.15) is 11.1 Å². The van der Waals surface area contributed by atoms with E-state index in [0.29, 0.717) is 12.1 Å². The fourth-order valence-corrected chi connectivity index (χ4v) is 2.80. The largest absolute Gasteiger partial charge is 0.497 e. The first kappa shape index (κ1) is 15.8. The third-order valence-electron chi connectivity index (χ3n) is 4.02. The van der Waals surface area contributed by atoms with Crippen molar-refractivity contribution in [2.75, 3.05) is 13.7 Å². The molecule has 1 N–H and O–H groups in total. The monoisotopic (exact) mass is 323 g/mol. The van der Waals surface area contributed by atoms with E-state index in [0.717, 1.165) is 16.9 Å². The maximum atomic E-state index is 12.5. The van der Waals surface area contributed by atoms with E-state index in [4.69, 9.17) is 4.74 Å². The molecular formula is C19H17NO4. The van der Waals surface area contributed by atoms with Crippen LogP contribution < -0.4 is 4.74 Å². The van der Waals surface area contributed by atoms with Crippen molar-refractivity contribution in [3.8, 4) is 5.75 Å². The molecule has 0 fully saturated rings. The molecule has 0 saturated carbocycles. The van der Waals surface area contributed by atoms with Gasteiger partial charge in [0.2, 0.25) is 0 Å². The number of ether oxygens (including phenoxy) is 1. The molecule has 2 aromatic rings. The molecule has 3 rings (SSSR count). The summed E-state index contributed by atoms with van der Waals surface area (Å²) in [4.78, 5) is 25.6. The Morgan fingerprint density at radius 1 is 1.12 bits per heavy atom. The minimum atomic E-state index is -1.18. The highest BCUT2D eigenvalue weighted by atomic mass is 16.5. The smallest absolute Gasteiger partial charge is 0.341 e. The summed E-state index contributed by atoms with van der Waals surface area (Å²) in [5, 5.41) is 9.45. The minimum Gasteiger partial charge on any atom is -0.497 e. The SMILES string of the molecule is COc1ccc(CN2CC(c3ccccc3)=C(C(=O)O)C2=O)cc1. The molecule has 2 aromatic carbocycles. The zero-order valence-corrected chi connectivity index (χ0v) is 13.2. The van der Waals surface area contributed by atoms with Gasteiger partial charge in [-0.1, -0.05) is 42.5 Å². The van der Waals surface area contributed by atoms with Gasteiger partial charge in [0, 0.05) is 13.1 Å². The van der Waals surface area contributed by atoms with Gasteiger partial charge in [0.15, 0.2) is 0 Å². The van der Waals surface area contributed by atoms with Crippen molar-refractivity contribution in [3.05, 3.63) is 71.3 Å². The highest BCUT2D eigenvalue weighted by Gasteiger charge is 2.35. The van der Waals surface area contributed by atoms with Crippen LogP contribution in [-0.2, 0) is 16.1 Å². The number of methoxy groups -OCH3 is 1. The van der Waals surface area contributed by atoms with Gasteiger partial charge in [0.1, 0.15) is 11.3 Å². The number of carboxylic acid groups (broad SMARTS) is 1. The number of carbonyl (C=O) groups is 2. The van der Waals surface area contributed by atoms with Gasteiger partial charge < -0.3 is 14.7 Å². The molecule has 122 valence electrons. The lowest BCUT2D eigenvalue weighted by atomic mass is 10.0. The Bertz CT molecular complexity index is 794. The lowest BCUT2D eigenvalue weighted by Gasteiger charge is -2.17. The van der Waals surface area contributed by atoms with Crippen molar-refractivity contribution in [1.29, 1.82) is 0 Å². The van der Waals surface area contributed by atoms with Gasteiger partial charge in [-0.05, 0) is 28.8 Å². The molecule has 1 aliphatic rings. The zero-order chi connectivity index (χ0) is 17.1. The lowest BCUT2D eigenvalue weighted by molar-refractivity contribution is -0.136. The minimum absolute atomic E-state index is 0.144. The molecule has 0 saturated heterocycles. The maximum absolute atomic E-state index is 12.5. The van der Waals surface area contributed by atoms with Crippen LogP contribution >= 0.6 is 0 Å². The number of carboxylic acids is 1. The third-order valence-corrected chi connectivity index (χ3v) is 4.02. The van der Waals surface area contributed by atoms with Gasteiger partial charge in [-0.15, -0.1) is 0 Å². The van der Waals surface area contributed by atoms with Gasteiger partial charge in [-0.2, -0.15) is 0 Å². The second kappa shape index (κ2) is 6.58. The summed E-state index contributed by atoms with van der Waals surface area (Å²) in [5.41, 5.74) is 2.10. The first-order valence-corrected chi connectivity index (χ1v) is 7.54. The van der Waals surface area contributed by atoms with Crippen molar-refractivity contribution in [2.24, 2.45) is 0 Å². The molecule has 0 radical (unpaired) electrons. The molecule has 0 spiro atoms. The van der Waals surface area contributed by atoms with Crippen molar-refractivity contribution >= 4 is 17.4 Å². The standard InChI is InChI=1S/C19H17NO4/c1-24-15-9-7-13(8-10-15)11-20-12-16(14-5-3-2-4-6-14)17(18(20)21)19(22)23/h2-10H,11-12H2,1H3,(H,22,23). The summed E-state index contributed by atoms with van der Waals surface area (Å²) >= 11 is 0. The lowest BCUT2D eigenvalue weighted by Crippen LogP contribution is -2.28. The summed E-state index contributed by atoms with van der Waals surface area (Å²) in [6.45, 7) is 0.645. The molecule has 0 bridgehead atoms. The van der Waals surface area contributed by atoms with E-state index in [1.54, 1.807) is 12.0 Å². The van der Waals surface area contributed by atoms with E-state index < -0.39 is 11.9 Å².